The number of sulfone groups is 1. The minimum atomic E-state index is -3.56. The Morgan fingerprint density at radius 2 is 1.22 bits per heavy atom. The molecule has 0 saturated heterocycles. The van der Waals surface area contributed by atoms with Crippen molar-refractivity contribution >= 4 is 9.84 Å². The van der Waals surface area contributed by atoms with E-state index in [1.165, 1.54) is 12.1 Å². The molecule has 0 aliphatic heterocycles. The summed E-state index contributed by atoms with van der Waals surface area (Å²) in [4.78, 5) is 0.471. The third-order valence-corrected chi connectivity index (χ3v) is 5.85. The highest BCUT2D eigenvalue weighted by Crippen LogP contribution is 2.35. The molecule has 0 radical (unpaired) electrons. The molecule has 140 valence electrons. The van der Waals surface area contributed by atoms with Crippen LogP contribution in [-0.4, -0.2) is 22.6 Å². The van der Waals surface area contributed by atoms with Crippen LogP contribution in [0.5, 0.6) is 23.0 Å². The summed E-state index contributed by atoms with van der Waals surface area (Å²) in [6.07, 6.45) is 0. The van der Waals surface area contributed by atoms with E-state index in [-0.39, 0.29) is 9.79 Å². The molecule has 0 unspecified atom stereocenters. The van der Waals surface area contributed by atoms with Gasteiger partial charge < -0.3 is 14.2 Å². The molecule has 0 N–H and O–H groups in total. The number of hydrogen-bond acceptors (Lipinski definition) is 5. The molecule has 27 heavy (non-hydrogen) atoms. The molecule has 0 fully saturated rings. The van der Waals surface area contributed by atoms with Gasteiger partial charge in [0.2, 0.25) is 9.84 Å². The number of rotatable bonds is 6. The lowest BCUT2D eigenvalue weighted by molar-refractivity contribution is 0.369. The topological polar surface area (TPSA) is 61.8 Å². The lowest BCUT2D eigenvalue weighted by Gasteiger charge is -2.12. The van der Waals surface area contributed by atoms with Gasteiger partial charge in [0.05, 0.1) is 24.0 Å². The average molecular weight is 384 g/mol. The van der Waals surface area contributed by atoms with Crippen LogP contribution in [0, 0.1) is 6.92 Å². The average Bonchev–Trinajstić information content (AvgIpc) is 2.69. The summed E-state index contributed by atoms with van der Waals surface area (Å²) in [5, 5.41) is 0. The molecular weight excluding hydrogens is 364 g/mol. The largest absolute Gasteiger partial charge is 0.497 e. The first-order valence-corrected chi connectivity index (χ1v) is 9.74. The second kappa shape index (κ2) is 7.72. The number of benzene rings is 3. The quantitative estimate of drug-likeness (QED) is 0.620. The van der Waals surface area contributed by atoms with E-state index in [0.717, 1.165) is 5.56 Å². The molecular formula is C21H20O5S. The lowest BCUT2D eigenvalue weighted by Crippen LogP contribution is -2.01. The first kappa shape index (κ1) is 18.8. The molecule has 5 nitrogen and oxygen atoms in total. The summed E-state index contributed by atoms with van der Waals surface area (Å²) < 4.78 is 41.7. The highest BCUT2D eigenvalue weighted by Gasteiger charge is 2.17. The van der Waals surface area contributed by atoms with E-state index in [0.29, 0.717) is 23.0 Å². The molecule has 6 heteroatoms. The highest BCUT2D eigenvalue weighted by molar-refractivity contribution is 7.91. The van der Waals surface area contributed by atoms with Gasteiger partial charge in [0.1, 0.15) is 11.5 Å². The Hall–Kier alpha value is -2.99. The first-order chi connectivity index (χ1) is 12.9. The van der Waals surface area contributed by atoms with Gasteiger partial charge in [0.25, 0.3) is 0 Å². The molecule has 0 aromatic heterocycles. The standard InChI is InChI=1S/C21H20O5S/c1-15-4-9-18(10-5-15)27(22,23)19-11-6-16(7-12-19)26-20-13-8-17(24-2)14-21(20)25-3/h4-14H,1-3H3. The van der Waals surface area contributed by atoms with E-state index >= 15 is 0 Å². The summed E-state index contributed by atoms with van der Waals surface area (Å²) in [7, 11) is -0.451. The Kier molecular flexibility index (Phi) is 5.37. The maximum absolute atomic E-state index is 12.7. The van der Waals surface area contributed by atoms with Crippen LogP contribution in [0.15, 0.2) is 76.5 Å². The van der Waals surface area contributed by atoms with Crippen LogP contribution in [0.4, 0.5) is 0 Å². The fraction of sp³-hybridized carbons (Fsp3) is 0.143. The SMILES string of the molecule is COc1ccc(Oc2ccc(S(=O)(=O)c3ccc(C)cc3)cc2)c(OC)c1. The van der Waals surface area contributed by atoms with Crippen molar-refractivity contribution in [2.75, 3.05) is 14.2 Å². The van der Waals surface area contributed by atoms with E-state index < -0.39 is 9.84 Å². The normalized spacial score (nSPS) is 11.1. The Labute approximate surface area is 159 Å². The maximum Gasteiger partial charge on any atom is 0.206 e. The fourth-order valence-electron chi connectivity index (χ4n) is 2.53. The number of methoxy groups -OCH3 is 2. The molecule has 0 aliphatic carbocycles. The number of hydrogen-bond donors (Lipinski definition) is 0. The minimum Gasteiger partial charge on any atom is -0.497 e. The van der Waals surface area contributed by atoms with Gasteiger partial charge in [0.15, 0.2) is 11.5 Å². The molecule has 0 saturated carbocycles. The second-order valence-corrected chi connectivity index (χ2v) is 7.86. The van der Waals surface area contributed by atoms with Crippen LogP contribution in [0.25, 0.3) is 0 Å². The molecule has 0 atom stereocenters. The zero-order valence-corrected chi connectivity index (χ0v) is 16.1. The van der Waals surface area contributed by atoms with Crippen molar-refractivity contribution < 1.29 is 22.6 Å². The van der Waals surface area contributed by atoms with Crippen molar-refractivity contribution in [1.82, 2.24) is 0 Å². The molecule has 0 spiro atoms. The van der Waals surface area contributed by atoms with Crippen molar-refractivity contribution in [3.63, 3.8) is 0 Å². The first-order valence-electron chi connectivity index (χ1n) is 8.26. The van der Waals surface area contributed by atoms with Gasteiger partial charge in [-0.25, -0.2) is 8.42 Å². The van der Waals surface area contributed by atoms with Crippen molar-refractivity contribution in [2.45, 2.75) is 16.7 Å². The van der Waals surface area contributed by atoms with Crippen molar-refractivity contribution in [2.24, 2.45) is 0 Å². The summed E-state index contributed by atoms with van der Waals surface area (Å²) in [5.41, 5.74) is 1.01. The minimum absolute atomic E-state index is 0.209. The van der Waals surface area contributed by atoms with Gasteiger partial charge in [0, 0.05) is 6.07 Å². The van der Waals surface area contributed by atoms with E-state index in [2.05, 4.69) is 0 Å². The van der Waals surface area contributed by atoms with Crippen LogP contribution in [0.1, 0.15) is 5.56 Å². The molecule has 0 amide bonds. The van der Waals surface area contributed by atoms with Gasteiger partial charge in [-0.2, -0.15) is 0 Å². The van der Waals surface area contributed by atoms with Gasteiger partial charge in [-0.15, -0.1) is 0 Å². The van der Waals surface area contributed by atoms with E-state index in [4.69, 9.17) is 14.2 Å². The lowest BCUT2D eigenvalue weighted by atomic mass is 10.2. The summed E-state index contributed by atoms with van der Waals surface area (Å²) >= 11 is 0. The summed E-state index contributed by atoms with van der Waals surface area (Å²) in [6, 6.07) is 18.3. The van der Waals surface area contributed by atoms with Crippen molar-refractivity contribution in [3.8, 4) is 23.0 Å². The maximum atomic E-state index is 12.7. The number of aryl methyl sites for hydroxylation is 1. The molecule has 3 aromatic rings. The molecule has 0 bridgehead atoms. The van der Waals surface area contributed by atoms with E-state index in [1.807, 2.05) is 6.92 Å². The second-order valence-electron chi connectivity index (χ2n) is 5.91. The van der Waals surface area contributed by atoms with Gasteiger partial charge >= 0.3 is 0 Å². The smallest absolute Gasteiger partial charge is 0.206 e. The Morgan fingerprint density at radius 1 is 0.667 bits per heavy atom. The van der Waals surface area contributed by atoms with Gasteiger partial charge in [-0.3, -0.25) is 0 Å². The molecule has 0 aliphatic rings. The van der Waals surface area contributed by atoms with Crippen LogP contribution in [-0.2, 0) is 9.84 Å². The van der Waals surface area contributed by atoms with E-state index in [9.17, 15) is 8.42 Å². The Balaban J connectivity index is 1.84. The number of ether oxygens (including phenoxy) is 3. The third-order valence-electron chi connectivity index (χ3n) is 4.06. The predicted molar refractivity (Wildman–Crippen MR) is 103 cm³/mol. The predicted octanol–water partition coefficient (Wildman–Crippen LogP) is 4.64. The Morgan fingerprint density at radius 3 is 1.78 bits per heavy atom. The van der Waals surface area contributed by atoms with Crippen LogP contribution >= 0.6 is 0 Å². The third kappa shape index (κ3) is 4.06. The van der Waals surface area contributed by atoms with Crippen molar-refractivity contribution in [1.29, 1.82) is 0 Å². The van der Waals surface area contributed by atoms with Crippen LogP contribution < -0.4 is 14.2 Å². The molecule has 3 aromatic carbocycles. The van der Waals surface area contributed by atoms with Crippen LogP contribution in [0.2, 0.25) is 0 Å². The zero-order valence-electron chi connectivity index (χ0n) is 15.3. The summed E-state index contributed by atoms with van der Waals surface area (Å²) in [5.74, 6) is 2.18. The van der Waals surface area contributed by atoms with Gasteiger partial charge in [-0.05, 0) is 55.5 Å². The van der Waals surface area contributed by atoms with E-state index in [1.54, 1.807) is 68.8 Å². The zero-order chi connectivity index (χ0) is 19.4. The highest BCUT2D eigenvalue weighted by atomic mass is 32.2. The fourth-order valence-corrected chi connectivity index (χ4v) is 3.79. The van der Waals surface area contributed by atoms with Crippen LogP contribution in [0.3, 0.4) is 0 Å². The monoisotopic (exact) mass is 384 g/mol. The summed E-state index contributed by atoms with van der Waals surface area (Å²) in [6.45, 7) is 1.91. The molecule has 0 heterocycles. The van der Waals surface area contributed by atoms with Gasteiger partial charge in [-0.1, -0.05) is 17.7 Å². The Bertz CT molecular complexity index is 1020. The van der Waals surface area contributed by atoms with Crippen molar-refractivity contribution in [3.05, 3.63) is 72.3 Å². The molecule has 3 rings (SSSR count).